The minimum atomic E-state index is -1.12. The molecule has 0 heterocycles. The normalized spacial score (nSPS) is 12.7. The van der Waals surface area contributed by atoms with Crippen LogP contribution in [0, 0.1) is 37.7 Å². The van der Waals surface area contributed by atoms with Gasteiger partial charge in [0.1, 0.15) is 23.4 Å². The van der Waals surface area contributed by atoms with Gasteiger partial charge in [-0.05, 0) is 77.7 Å². The Balaban J connectivity index is 0.00000484. The zero-order valence-electron chi connectivity index (χ0n) is 23.6. The molecule has 0 saturated carbocycles. The number of methoxy groups -OCH3 is 2. The van der Waals surface area contributed by atoms with Crippen LogP contribution >= 0.6 is 23.2 Å². The third kappa shape index (κ3) is 8.75. The van der Waals surface area contributed by atoms with Crippen LogP contribution in [-0.2, 0) is 26.4 Å². The molecule has 4 aromatic carbocycles. The molecule has 0 saturated heterocycles. The molecule has 220 valence electrons. The second kappa shape index (κ2) is 16.7. The minimum absolute atomic E-state index is 0. The maximum Gasteiger partial charge on any atom is 0.140 e. The molecule has 6 nitrogen and oxygen atoms in total. The molecule has 0 amide bonds. The van der Waals surface area contributed by atoms with Crippen molar-refractivity contribution in [2.45, 2.75) is 31.5 Å². The summed E-state index contributed by atoms with van der Waals surface area (Å²) in [6.07, 6.45) is -1.47. The first kappa shape index (κ1) is 34.4. The molecule has 9 heteroatoms. The smallest absolute Gasteiger partial charge is 0.140 e. The maximum atomic E-state index is 10.4. The van der Waals surface area contributed by atoms with Gasteiger partial charge >= 0.3 is 0 Å². The van der Waals surface area contributed by atoms with Crippen molar-refractivity contribution in [3.63, 3.8) is 0 Å². The van der Waals surface area contributed by atoms with Crippen molar-refractivity contribution in [3.8, 4) is 11.5 Å². The van der Waals surface area contributed by atoms with Crippen LogP contribution in [0.2, 0.25) is 10.0 Å². The molecule has 0 spiro atoms. The van der Waals surface area contributed by atoms with Gasteiger partial charge in [0, 0.05) is 47.8 Å². The SMILES string of the molecule is COc1ccc(C(OC([CH-]OC(C)OCc2cc(Cl)cc(Cl)c2)CO)(c2ccccc2)c2ccc(OC)cc2)cc1.[U]. The Kier molecular flexibility index (Phi) is 13.7. The Hall–Kier alpha value is -2.05. The van der Waals surface area contributed by atoms with E-state index in [9.17, 15) is 5.11 Å². The summed E-state index contributed by atoms with van der Waals surface area (Å²) in [5.74, 6) is 1.43. The van der Waals surface area contributed by atoms with Crippen LogP contribution < -0.4 is 9.47 Å². The van der Waals surface area contributed by atoms with Crippen LogP contribution in [0.5, 0.6) is 11.5 Å². The Labute approximate surface area is 281 Å². The average molecular weight is 835 g/mol. The van der Waals surface area contributed by atoms with Crippen molar-refractivity contribution in [2.75, 3.05) is 20.8 Å². The molecule has 4 aromatic rings. The molecule has 0 aliphatic carbocycles. The van der Waals surface area contributed by atoms with Crippen LogP contribution in [0.4, 0.5) is 0 Å². The second-order valence-corrected chi connectivity index (χ2v) is 10.1. The van der Waals surface area contributed by atoms with Crippen molar-refractivity contribution in [3.05, 3.63) is 136 Å². The third-order valence-corrected chi connectivity index (χ3v) is 6.95. The van der Waals surface area contributed by atoms with E-state index < -0.39 is 18.0 Å². The fourth-order valence-corrected chi connectivity index (χ4v) is 5.08. The van der Waals surface area contributed by atoms with E-state index in [1.165, 1.54) is 6.61 Å². The summed E-state index contributed by atoms with van der Waals surface area (Å²) in [5, 5.41) is 11.5. The summed E-state index contributed by atoms with van der Waals surface area (Å²) in [6, 6.07) is 30.4. The van der Waals surface area contributed by atoms with E-state index >= 15 is 0 Å². The molecule has 2 unspecified atom stereocenters. The summed E-state index contributed by atoms with van der Waals surface area (Å²) in [7, 11) is 3.25. The van der Waals surface area contributed by atoms with Gasteiger partial charge in [0.15, 0.2) is 0 Å². The van der Waals surface area contributed by atoms with Gasteiger partial charge in [-0.15, -0.1) is 0 Å². The van der Waals surface area contributed by atoms with Gasteiger partial charge < -0.3 is 28.8 Å². The number of ether oxygens (including phenoxy) is 5. The van der Waals surface area contributed by atoms with E-state index in [-0.39, 0.29) is 44.3 Å². The molecule has 0 bridgehead atoms. The van der Waals surface area contributed by atoms with Crippen LogP contribution in [-0.4, -0.2) is 38.3 Å². The molecular weight excluding hydrogens is 801 g/mol. The predicted molar refractivity (Wildman–Crippen MR) is 160 cm³/mol. The number of halogens is 2. The maximum absolute atomic E-state index is 10.4. The third-order valence-electron chi connectivity index (χ3n) is 6.51. The van der Waals surface area contributed by atoms with Crippen molar-refractivity contribution in [1.29, 1.82) is 0 Å². The zero-order valence-corrected chi connectivity index (χ0v) is 29.3. The number of hydrogen-bond acceptors (Lipinski definition) is 6. The minimum Gasteiger partial charge on any atom is -0.527 e. The first-order valence-electron chi connectivity index (χ1n) is 13.1. The van der Waals surface area contributed by atoms with E-state index in [0.29, 0.717) is 21.5 Å². The van der Waals surface area contributed by atoms with Gasteiger partial charge in [-0.2, -0.15) is 6.61 Å². The zero-order chi connectivity index (χ0) is 29.2. The largest absolute Gasteiger partial charge is 0.527 e. The van der Waals surface area contributed by atoms with E-state index in [2.05, 4.69) is 0 Å². The summed E-state index contributed by atoms with van der Waals surface area (Å²) in [5.41, 5.74) is 2.24. The van der Waals surface area contributed by atoms with Gasteiger partial charge in [-0.25, -0.2) is 0 Å². The molecule has 0 aliphatic rings. The van der Waals surface area contributed by atoms with Gasteiger partial charge in [-0.3, -0.25) is 0 Å². The number of aliphatic hydroxyl groups is 1. The van der Waals surface area contributed by atoms with E-state index in [1.54, 1.807) is 39.3 Å². The Morgan fingerprint density at radius 3 is 1.74 bits per heavy atom. The van der Waals surface area contributed by atoms with Gasteiger partial charge in [0.05, 0.1) is 20.8 Å². The fraction of sp³-hybridized carbons (Fsp3) is 0.242. The first-order chi connectivity index (χ1) is 19.9. The Bertz CT molecular complexity index is 1300. The standard InChI is InChI=1S/C33H33Cl2O6.U/c1-23(39-21-24-17-28(34)19-29(35)18-24)40-22-32(20-36)41-33(25-7-5-4-6-8-25,26-9-13-30(37-2)14-10-26)27-11-15-31(38-3)16-12-27;/h4-19,22-23,32,36H,20-21H2,1-3H3;/q-1;. The molecule has 0 fully saturated rings. The predicted octanol–water partition coefficient (Wildman–Crippen LogP) is 7.42. The van der Waals surface area contributed by atoms with Crippen LogP contribution in [0.1, 0.15) is 29.2 Å². The van der Waals surface area contributed by atoms with Gasteiger partial charge in [0.2, 0.25) is 0 Å². The number of benzene rings is 4. The van der Waals surface area contributed by atoms with Crippen molar-refractivity contribution in [1.82, 2.24) is 0 Å². The van der Waals surface area contributed by atoms with Crippen molar-refractivity contribution >= 4 is 23.2 Å². The van der Waals surface area contributed by atoms with E-state index in [0.717, 1.165) is 22.3 Å². The van der Waals surface area contributed by atoms with Gasteiger partial charge in [-0.1, -0.05) is 77.8 Å². The summed E-state index contributed by atoms with van der Waals surface area (Å²) in [6.45, 7) is 3.12. The number of rotatable bonds is 14. The molecule has 2 atom stereocenters. The van der Waals surface area contributed by atoms with Crippen LogP contribution in [0.3, 0.4) is 0 Å². The number of hydrogen-bond donors (Lipinski definition) is 1. The first-order valence-corrected chi connectivity index (χ1v) is 13.8. The Morgan fingerprint density at radius 1 is 0.762 bits per heavy atom. The number of aliphatic hydroxyl groups excluding tert-OH is 1. The molecule has 0 aliphatic heterocycles. The second-order valence-electron chi connectivity index (χ2n) is 9.27. The molecular formula is C33H33Cl2O6U-. The average Bonchev–Trinajstić information content (AvgIpc) is 3.00. The molecule has 42 heavy (non-hydrogen) atoms. The quantitative estimate of drug-likeness (QED) is 0.0812. The molecule has 1 N–H and O–H groups in total. The Morgan fingerprint density at radius 2 is 1.26 bits per heavy atom. The molecule has 0 radical (unpaired) electrons. The fourth-order valence-electron chi connectivity index (χ4n) is 4.51. The van der Waals surface area contributed by atoms with E-state index in [1.807, 2.05) is 78.9 Å². The molecule has 4 rings (SSSR count). The van der Waals surface area contributed by atoms with Crippen LogP contribution in [0.25, 0.3) is 0 Å². The van der Waals surface area contributed by atoms with Gasteiger partial charge in [0.25, 0.3) is 0 Å². The monoisotopic (exact) mass is 833 g/mol. The van der Waals surface area contributed by atoms with Crippen molar-refractivity contribution in [2.24, 2.45) is 0 Å². The summed E-state index contributed by atoms with van der Waals surface area (Å²) >= 11 is 12.2. The van der Waals surface area contributed by atoms with Crippen LogP contribution in [0.15, 0.2) is 97.1 Å². The summed E-state index contributed by atoms with van der Waals surface area (Å²) < 4.78 is 29.3. The molecule has 0 aromatic heterocycles. The van der Waals surface area contributed by atoms with Crippen molar-refractivity contribution < 1.29 is 59.9 Å². The van der Waals surface area contributed by atoms with E-state index in [4.69, 9.17) is 46.9 Å². The summed E-state index contributed by atoms with van der Waals surface area (Å²) in [4.78, 5) is 0. The topological polar surface area (TPSA) is 66.4 Å².